The first-order valence-electron chi connectivity index (χ1n) is 7.34. The van der Waals surface area contributed by atoms with Crippen LogP contribution in [0.3, 0.4) is 0 Å². The summed E-state index contributed by atoms with van der Waals surface area (Å²) in [5, 5.41) is 8.98. The van der Waals surface area contributed by atoms with Crippen molar-refractivity contribution in [3.05, 3.63) is 34.1 Å². The van der Waals surface area contributed by atoms with Gasteiger partial charge in [0.25, 0.3) is 0 Å². The minimum absolute atomic E-state index is 0.0317. The standard InChI is InChI=1S/C16H19BrFNO3/c1-10(8-11-2-3-14(18)13(17)9-11)15(20)19-6-4-12(5-7-19)16(21)22/h2-3,9-10,12H,4-8H2,1H3,(H,21,22)/t10-/m0/s1. The van der Waals surface area contributed by atoms with Crippen LogP contribution in [0.1, 0.15) is 25.3 Å². The van der Waals surface area contributed by atoms with E-state index < -0.39 is 5.97 Å². The average Bonchev–Trinajstić information content (AvgIpc) is 2.50. The summed E-state index contributed by atoms with van der Waals surface area (Å²) in [7, 11) is 0. The lowest BCUT2D eigenvalue weighted by Gasteiger charge is -2.32. The summed E-state index contributed by atoms with van der Waals surface area (Å²) < 4.78 is 13.6. The number of carboxylic acids is 1. The van der Waals surface area contributed by atoms with Gasteiger partial charge >= 0.3 is 5.97 Å². The van der Waals surface area contributed by atoms with E-state index in [0.29, 0.717) is 36.8 Å². The number of piperidine rings is 1. The summed E-state index contributed by atoms with van der Waals surface area (Å²) in [6, 6.07) is 4.76. The van der Waals surface area contributed by atoms with Crippen LogP contribution < -0.4 is 0 Å². The van der Waals surface area contributed by atoms with E-state index in [1.165, 1.54) is 6.07 Å². The molecule has 1 saturated heterocycles. The molecule has 2 rings (SSSR count). The number of carbonyl (C=O) groups excluding carboxylic acids is 1. The minimum Gasteiger partial charge on any atom is -0.481 e. The van der Waals surface area contributed by atoms with Crippen molar-refractivity contribution in [2.75, 3.05) is 13.1 Å². The number of rotatable bonds is 4. The SMILES string of the molecule is C[C@@H](Cc1ccc(F)c(Br)c1)C(=O)N1CCC(C(=O)O)CC1. The predicted molar refractivity (Wildman–Crippen MR) is 83.9 cm³/mol. The molecule has 1 aromatic carbocycles. The second-order valence-electron chi connectivity index (χ2n) is 5.79. The second kappa shape index (κ2) is 7.22. The monoisotopic (exact) mass is 371 g/mol. The molecular formula is C16H19BrFNO3. The Balaban J connectivity index is 1.92. The Labute approximate surface area is 137 Å². The highest BCUT2D eigenvalue weighted by Gasteiger charge is 2.29. The Morgan fingerprint density at radius 1 is 1.41 bits per heavy atom. The molecule has 4 nitrogen and oxygen atoms in total. The number of likely N-dealkylation sites (tertiary alicyclic amines) is 1. The summed E-state index contributed by atoms with van der Waals surface area (Å²) >= 11 is 3.14. The Morgan fingerprint density at radius 2 is 2.05 bits per heavy atom. The number of amides is 1. The summed E-state index contributed by atoms with van der Waals surface area (Å²) in [6.07, 6.45) is 1.56. The fourth-order valence-electron chi connectivity index (χ4n) is 2.77. The summed E-state index contributed by atoms with van der Waals surface area (Å²) in [5.41, 5.74) is 0.898. The maximum atomic E-state index is 13.2. The van der Waals surface area contributed by atoms with Gasteiger partial charge in [-0.05, 0) is 52.9 Å². The largest absolute Gasteiger partial charge is 0.481 e. The summed E-state index contributed by atoms with van der Waals surface area (Å²) in [4.78, 5) is 25.1. The molecule has 0 bridgehead atoms. The van der Waals surface area contributed by atoms with Crippen molar-refractivity contribution in [2.24, 2.45) is 11.8 Å². The van der Waals surface area contributed by atoms with Crippen molar-refractivity contribution < 1.29 is 19.1 Å². The maximum Gasteiger partial charge on any atom is 0.306 e. The fourth-order valence-corrected chi connectivity index (χ4v) is 3.19. The van der Waals surface area contributed by atoms with E-state index in [9.17, 15) is 14.0 Å². The van der Waals surface area contributed by atoms with Crippen molar-refractivity contribution in [3.63, 3.8) is 0 Å². The first-order valence-corrected chi connectivity index (χ1v) is 8.13. The van der Waals surface area contributed by atoms with E-state index in [0.717, 1.165) is 5.56 Å². The first-order chi connectivity index (χ1) is 10.4. The minimum atomic E-state index is -0.781. The quantitative estimate of drug-likeness (QED) is 0.884. The highest BCUT2D eigenvalue weighted by molar-refractivity contribution is 9.10. The van der Waals surface area contributed by atoms with Gasteiger partial charge < -0.3 is 10.0 Å². The van der Waals surface area contributed by atoms with Crippen molar-refractivity contribution in [2.45, 2.75) is 26.2 Å². The molecule has 0 aromatic heterocycles. The van der Waals surface area contributed by atoms with E-state index >= 15 is 0 Å². The van der Waals surface area contributed by atoms with Crippen LogP contribution in [-0.4, -0.2) is 35.0 Å². The third-order valence-corrected chi connectivity index (χ3v) is 4.71. The molecule has 0 spiro atoms. The number of benzene rings is 1. The van der Waals surface area contributed by atoms with Crippen molar-refractivity contribution in [1.29, 1.82) is 0 Å². The molecule has 1 aliphatic rings. The van der Waals surface area contributed by atoms with Crippen LogP contribution in [0.5, 0.6) is 0 Å². The molecule has 6 heteroatoms. The molecule has 22 heavy (non-hydrogen) atoms. The summed E-state index contributed by atoms with van der Waals surface area (Å²) in [5.74, 6) is -1.62. The Bertz CT molecular complexity index is 571. The van der Waals surface area contributed by atoms with Gasteiger partial charge in [-0.2, -0.15) is 0 Å². The van der Waals surface area contributed by atoms with Gasteiger partial charge in [-0.15, -0.1) is 0 Å². The molecule has 0 aliphatic carbocycles. The van der Waals surface area contributed by atoms with Gasteiger partial charge in [-0.1, -0.05) is 13.0 Å². The number of carboxylic acid groups (broad SMARTS) is 1. The molecule has 1 aromatic rings. The van der Waals surface area contributed by atoms with Crippen LogP contribution in [-0.2, 0) is 16.0 Å². The zero-order valence-electron chi connectivity index (χ0n) is 12.4. The van der Waals surface area contributed by atoms with Gasteiger partial charge in [0.05, 0.1) is 10.4 Å². The lowest BCUT2D eigenvalue weighted by molar-refractivity contribution is -0.146. The summed E-state index contributed by atoms with van der Waals surface area (Å²) in [6.45, 7) is 2.84. The molecule has 0 saturated carbocycles. The molecule has 1 atom stereocenters. The number of aliphatic carboxylic acids is 1. The van der Waals surface area contributed by atoms with E-state index in [-0.39, 0.29) is 23.6 Å². The highest BCUT2D eigenvalue weighted by Crippen LogP contribution is 2.22. The molecule has 1 aliphatic heterocycles. The van der Waals surface area contributed by atoms with Gasteiger partial charge in [0.1, 0.15) is 5.82 Å². The molecule has 120 valence electrons. The number of hydrogen-bond acceptors (Lipinski definition) is 2. The molecule has 1 fully saturated rings. The molecule has 0 radical (unpaired) electrons. The zero-order chi connectivity index (χ0) is 16.3. The molecule has 1 N–H and O–H groups in total. The van der Waals surface area contributed by atoms with Crippen LogP contribution in [0, 0.1) is 17.7 Å². The van der Waals surface area contributed by atoms with Crippen LogP contribution in [0.4, 0.5) is 4.39 Å². The Morgan fingerprint density at radius 3 is 2.59 bits per heavy atom. The second-order valence-corrected chi connectivity index (χ2v) is 6.65. The van der Waals surface area contributed by atoms with Crippen molar-refractivity contribution in [1.82, 2.24) is 4.90 Å². The Kier molecular flexibility index (Phi) is 5.56. The van der Waals surface area contributed by atoms with Crippen LogP contribution >= 0.6 is 15.9 Å². The third-order valence-electron chi connectivity index (χ3n) is 4.10. The van der Waals surface area contributed by atoms with Crippen molar-refractivity contribution in [3.8, 4) is 0 Å². The number of nitrogens with zero attached hydrogens (tertiary/aromatic N) is 1. The third kappa shape index (κ3) is 4.06. The average molecular weight is 372 g/mol. The molecule has 0 unspecified atom stereocenters. The lowest BCUT2D eigenvalue weighted by atomic mass is 9.94. The van der Waals surface area contributed by atoms with Gasteiger partial charge in [0.15, 0.2) is 0 Å². The van der Waals surface area contributed by atoms with Crippen LogP contribution in [0.25, 0.3) is 0 Å². The zero-order valence-corrected chi connectivity index (χ0v) is 14.0. The number of halogens is 2. The Hall–Kier alpha value is -1.43. The van der Waals surface area contributed by atoms with E-state index in [1.54, 1.807) is 17.0 Å². The predicted octanol–water partition coefficient (Wildman–Crippen LogP) is 3.09. The van der Waals surface area contributed by atoms with E-state index in [4.69, 9.17) is 5.11 Å². The first kappa shape index (κ1) is 16.9. The van der Waals surface area contributed by atoms with Crippen molar-refractivity contribution >= 4 is 27.8 Å². The van der Waals surface area contributed by atoms with Gasteiger partial charge in [0.2, 0.25) is 5.91 Å². The lowest BCUT2D eigenvalue weighted by Crippen LogP contribution is -2.43. The smallest absolute Gasteiger partial charge is 0.306 e. The van der Waals surface area contributed by atoms with Gasteiger partial charge in [-0.3, -0.25) is 9.59 Å². The molecule has 1 heterocycles. The number of carbonyl (C=O) groups is 2. The van der Waals surface area contributed by atoms with Gasteiger partial charge in [0, 0.05) is 19.0 Å². The van der Waals surface area contributed by atoms with E-state index in [2.05, 4.69) is 15.9 Å². The maximum absolute atomic E-state index is 13.2. The van der Waals surface area contributed by atoms with Gasteiger partial charge in [-0.25, -0.2) is 4.39 Å². The normalized spacial score (nSPS) is 17.3. The fraction of sp³-hybridized carbons (Fsp3) is 0.500. The molecular weight excluding hydrogens is 353 g/mol. The molecule has 1 amide bonds. The van der Waals surface area contributed by atoms with E-state index in [1.807, 2.05) is 6.92 Å². The number of hydrogen-bond donors (Lipinski definition) is 1. The highest BCUT2D eigenvalue weighted by atomic mass is 79.9. The van der Waals surface area contributed by atoms with Crippen LogP contribution in [0.2, 0.25) is 0 Å². The van der Waals surface area contributed by atoms with Crippen LogP contribution in [0.15, 0.2) is 22.7 Å². The topological polar surface area (TPSA) is 57.6 Å².